The molecule has 2 aliphatic heterocycles. The van der Waals surface area contributed by atoms with Crippen molar-refractivity contribution in [3.63, 3.8) is 0 Å². The minimum absolute atomic E-state index is 0.0317. The van der Waals surface area contributed by atoms with Gasteiger partial charge in [-0.3, -0.25) is 9.59 Å². The third kappa shape index (κ3) is 4.11. The summed E-state index contributed by atoms with van der Waals surface area (Å²) in [7, 11) is 1.62. The number of carboxylic acids is 1. The molecule has 4 rings (SSSR count). The van der Waals surface area contributed by atoms with Crippen LogP contribution in [0, 0.1) is 5.41 Å². The fourth-order valence-electron chi connectivity index (χ4n) is 4.89. The maximum atomic E-state index is 13.9. The number of aryl methyl sites for hydroxylation is 1. The van der Waals surface area contributed by atoms with Crippen LogP contribution in [-0.4, -0.2) is 35.4 Å². The van der Waals surface area contributed by atoms with Crippen molar-refractivity contribution in [3.8, 4) is 5.75 Å². The third-order valence-electron chi connectivity index (χ3n) is 6.30. The third-order valence-corrected chi connectivity index (χ3v) is 7.99. The van der Waals surface area contributed by atoms with Crippen molar-refractivity contribution < 1.29 is 19.4 Å². The number of hydrogen-bond donors (Lipinski definition) is 1. The fourth-order valence-corrected chi connectivity index (χ4v) is 6.61. The zero-order valence-corrected chi connectivity index (χ0v) is 20.3. The normalized spacial score (nSPS) is 22.8. The molecule has 0 saturated heterocycles. The number of carboxylic acid groups (broad SMARTS) is 1. The Morgan fingerprint density at radius 1 is 1.25 bits per heavy atom. The lowest BCUT2D eigenvalue weighted by Gasteiger charge is -2.45. The first-order valence-electron chi connectivity index (χ1n) is 10.8. The van der Waals surface area contributed by atoms with Crippen LogP contribution < -0.4 is 9.64 Å². The van der Waals surface area contributed by atoms with Gasteiger partial charge in [0.2, 0.25) is 5.91 Å². The van der Waals surface area contributed by atoms with Crippen molar-refractivity contribution in [1.29, 1.82) is 0 Å². The van der Waals surface area contributed by atoms with Crippen LogP contribution >= 0.6 is 23.4 Å². The smallest absolute Gasteiger partial charge is 0.305 e. The summed E-state index contributed by atoms with van der Waals surface area (Å²) in [5.41, 5.74) is 3.62. The number of thioether (sulfide) groups is 1. The topological polar surface area (TPSA) is 66.8 Å². The van der Waals surface area contributed by atoms with Crippen molar-refractivity contribution in [2.75, 3.05) is 12.0 Å². The summed E-state index contributed by atoms with van der Waals surface area (Å²) in [4.78, 5) is 27.5. The van der Waals surface area contributed by atoms with E-state index in [0.29, 0.717) is 10.8 Å². The van der Waals surface area contributed by atoms with Gasteiger partial charge in [-0.15, -0.1) is 11.8 Å². The Morgan fingerprint density at radius 2 is 1.97 bits per heavy atom. The summed E-state index contributed by atoms with van der Waals surface area (Å²) in [5.74, 6) is -0.417. The highest BCUT2D eigenvalue weighted by atomic mass is 35.5. The summed E-state index contributed by atoms with van der Waals surface area (Å²) in [6, 6.07) is 11.5. The molecule has 1 amide bonds. The van der Waals surface area contributed by atoms with Crippen LogP contribution in [-0.2, 0) is 16.0 Å². The molecule has 0 saturated carbocycles. The number of hydrogen-bond acceptors (Lipinski definition) is 4. The lowest BCUT2D eigenvalue weighted by atomic mass is 9.78. The fraction of sp³-hybridized carbons (Fsp3) is 0.440. The first kappa shape index (κ1) is 23.0. The monoisotopic (exact) mass is 473 g/mol. The van der Waals surface area contributed by atoms with Crippen LogP contribution in [0.3, 0.4) is 0 Å². The average molecular weight is 474 g/mol. The molecule has 0 fully saturated rings. The Kier molecular flexibility index (Phi) is 6.21. The molecule has 170 valence electrons. The number of anilines is 1. The molecule has 0 radical (unpaired) electrons. The molecule has 0 aromatic heterocycles. The van der Waals surface area contributed by atoms with Crippen LogP contribution in [0.15, 0.2) is 36.4 Å². The van der Waals surface area contributed by atoms with Gasteiger partial charge in [0.15, 0.2) is 0 Å². The molecule has 3 atom stereocenters. The van der Waals surface area contributed by atoms with E-state index in [-0.39, 0.29) is 29.0 Å². The second-order valence-electron chi connectivity index (χ2n) is 9.48. The lowest BCUT2D eigenvalue weighted by Crippen LogP contribution is -2.52. The largest absolute Gasteiger partial charge is 0.496 e. The summed E-state index contributed by atoms with van der Waals surface area (Å²) in [6.45, 7) is 6.40. The average Bonchev–Trinajstić information content (AvgIpc) is 2.84. The van der Waals surface area contributed by atoms with Gasteiger partial charge in [0, 0.05) is 16.6 Å². The van der Waals surface area contributed by atoms with E-state index in [1.54, 1.807) is 7.11 Å². The number of benzene rings is 2. The summed E-state index contributed by atoms with van der Waals surface area (Å²) >= 11 is 7.94. The van der Waals surface area contributed by atoms with Crippen LogP contribution in [0.1, 0.15) is 55.6 Å². The number of aliphatic carboxylic acids is 1. The highest BCUT2D eigenvalue weighted by Gasteiger charge is 2.46. The molecule has 2 unspecified atom stereocenters. The van der Waals surface area contributed by atoms with Gasteiger partial charge in [-0.25, -0.2) is 0 Å². The molecule has 2 aromatic rings. The van der Waals surface area contributed by atoms with Crippen LogP contribution in [0.5, 0.6) is 5.75 Å². The number of ether oxygens (including phenoxy) is 1. The number of nitrogens with zero attached hydrogens (tertiary/aromatic N) is 1. The van der Waals surface area contributed by atoms with E-state index >= 15 is 0 Å². The van der Waals surface area contributed by atoms with Gasteiger partial charge >= 0.3 is 5.97 Å². The zero-order valence-electron chi connectivity index (χ0n) is 18.7. The molecule has 1 N–H and O–H groups in total. The Balaban J connectivity index is 1.99. The molecule has 2 heterocycles. The summed E-state index contributed by atoms with van der Waals surface area (Å²) in [6.07, 6.45) is 1.40. The minimum atomic E-state index is -0.983. The highest BCUT2D eigenvalue weighted by molar-refractivity contribution is 8.01. The number of amides is 1. The lowest BCUT2D eigenvalue weighted by molar-refractivity contribution is -0.138. The molecule has 0 spiro atoms. The number of carbonyl (C=O) groups is 2. The predicted molar refractivity (Wildman–Crippen MR) is 129 cm³/mol. The minimum Gasteiger partial charge on any atom is -0.496 e. The second kappa shape index (κ2) is 8.64. The maximum Gasteiger partial charge on any atom is 0.305 e. The van der Waals surface area contributed by atoms with Crippen molar-refractivity contribution in [1.82, 2.24) is 0 Å². The second-order valence-corrected chi connectivity index (χ2v) is 11.2. The number of carbonyl (C=O) groups excluding carboxylic acids is 1. The van der Waals surface area contributed by atoms with Gasteiger partial charge in [-0.2, -0.15) is 0 Å². The number of para-hydroxylation sites is 1. The number of methoxy groups -OCH3 is 1. The Hall–Kier alpha value is -2.18. The molecular formula is C25H28ClNO4S. The van der Waals surface area contributed by atoms with Crippen molar-refractivity contribution in [2.24, 2.45) is 5.41 Å². The standard InChI is InChI=1S/C25H28ClNO4S/c1-25(2,3)20-10-9-14-11-15(26)12-17-22(14)27(20)24(30)19(13-21(28)29)32-23(17)16-7-5-6-8-18(16)31-4/h5-8,11-12,19-20,23H,9-10,13H2,1-4H3,(H,28,29)/t19?,20-,23?/m0/s1. The van der Waals surface area contributed by atoms with E-state index in [0.717, 1.165) is 35.2 Å². The van der Waals surface area contributed by atoms with Gasteiger partial charge < -0.3 is 14.7 Å². The van der Waals surface area contributed by atoms with E-state index in [9.17, 15) is 14.7 Å². The van der Waals surface area contributed by atoms with E-state index < -0.39 is 11.2 Å². The zero-order chi connectivity index (χ0) is 23.2. The summed E-state index contributed by atoms with van der Waals surface area (Å²) < 4.78 is 5.64. The predicted octanol–water partition coefficient (Wildman–Crippen LogP) is 5.72. The molecule has 32 heavy (non-hydrogen) atoms. The Morgan fingerprint density at radius 3 is 2.62 bits per heavy atom. The first-order valence-corrected chi connectivity index (χ1v) is 12.1. The van der Waals surface area contributed by atoms with Crippen molar-refractivity contribution >= 4 is 40.9 Å². The van der Waals surface area contributed by atoms with Crippen LogP contribution in [0.25, 0.3) is 0 Å². The van der Waals surface area contributed by atoms with E-state index in [4.69, 9.17) is 16.3 Å². The van der Waals surface area contributed by atoms with Gasteiger partial charge in [-0.1, -0.05) is 50.6 Å². The number of rotatable bonds is 4. The summed E-state index contributed by atoms with van der Waals surface area (Å²) in [5, 5.41) is 9.24. The molecule has 5 nitrogen and oxygen atoms in total. The van der Waals surface area contributed by atoms with Gasteiger partial charge in [0.1, 0.15) is 5.75 Å². The molecule has 0 bridgehead atoms. The molecule has 2 aliphatic rings. The van der Waals surface area contributed by atoms with Crippen molar-refractivity contribution in [3.05, 3.63) is 58.1 Å². The van der Waals surface area contributed by atoms with Gasteiger partial charge in [-0.05, 0) is 47.6 Å². The van der Waals surface area contributed by atoms with E-state index in [2.05, 4.69) is 20.8 Å². The molecule has 0 aliphatic carbocycles. The van der Waals surface area contributed by atoms with E-state index in [1.165, 1.54) is 11.8 Å². The maximum absolute atomic E-state index is 13.9. The van der Waals surface area contributed by atoms with Crippen molar-refractivity contribution in [2.45, 2.75) is 56.6 Å². The van der Waals surface area contributed by atoms with Crippen LogP contribution in [0.4, 0.5) is 5.69 Å². The molecule has 2 aromatic carbocycles. The first-order chi connectivity index (χ1) is 15.1. The molecule has 7 heteroatoms. The van der Waals surface area contributed by atoms with Gasteiger partial charge in [0.25, 0.3) is 0 Å². The van der Waals surface area contributed by atoms with Crippen LogP contribution in [0.2, 0.25) is 5.02 Å². The quantitative estimate of drug-likeness (QED) is 0.614. The number of halogens is 1. The highest BCUT2D eigenvalue weighted by Crippen LogP contribution is 2.53. The molecular weight excluding hydrogens is 446 g/mol. The Bertz CT molecular complexity index is 1060. The Labute approximate surface area is 198 Å². The van der Waals surface area contributed by atoms with E-state index in [1.807, 2.05) is 41.3 Å². The SMILES string of the molecule is COc1ccccc1C1SC(CC(=O)O)C(=O)N2c3c(cc(Cl)cc31)CC[C@H]2C(C)(C)C. The van der Waals surface area contributed by atoms with Gasteiger partial charge in [0.05, 0.1) is 29.7 Å².